The number of allylic oxidation sites excluding steroid dienone is 8. The molecule has 2 heterocycles. The van der Waals surface area contributed by atoms with Crippen molar-refractivity contribution in [3.05, 3.63) is 104 Å². The van der Waals surface area contributed by atoms with E-state index in [1.807, 2.05) is 12.1 Å². The van der Waals surface area contributed by atoms with Crippen LogP contribution in [0.3, 0.4) is 0 Å². The van der Waals surface area contributed by atoms with Gasteiger partial charge in [-0.3, -0.25) is 0 Å². The topological polar surface area (TPSA) is 24.7 Å². The number of nitrogens with zero attached hydrogens (tertiary/aromatic N) is 2. The molecule has 0 radical (unpaired) electrons. The van der Waals surface area contributed by atoms with E-state index in [1.165, 1.54) is 11.1 Å². The van der Waals surface area contributed by atoms with Gasteiger partial charge in [-0.1, -0.05) is 60.8 Å². The maximum Gasteiger partial charge on any atom is 0.260 e. The molecule has 0 aromatic heterocycles. The molecule has 7 heteroatoms. The zero-order valence-corrected chi connectivity index (χ0v) is 28.7. The number of anilines is 1. The van der Waals surface area contributed by atoms with E-state index in [-0.39, 0.29) is 23.3 Å². The second kappa shape index (κ2) is 12.2. The molecule has 4 nitrogen and oxygen atoms in total. The van der Waals surface area contributed by atoms with Gasteiger partial charge in [0.25, 0.3) is 6.23 Å². The van der Waals surface area contributed by atoms with Crippen molar-refractivity contribution < 1.29 is 14.0 Å². The van der Waals surface area contributed by atoms with Crippen LogP contribution in [-0.4, -0.2) is 37.0 Å². The monoisotopic (exact) mass is 639 g/mol. The molecular formula is C36H42Cl3N2O2+. The van der Waals surface area contributed by atoms with Crippen molar-refractivity contribution in [2.75, 3.05) is 19.1 Å². The molecule has 3 aliphatic rings. The van der Waals surface area contributed by atoms with Gasteiger partial charge in [-0.2, -0.15) is 4.58 Å². The molecule has 2 unspecified atom stereocenters. The van der Waals surface area contributed by atoms with E-state index in [2.05, 4.69) is 99.6 Å². The summed E-state index contributed by atoms with van der Waals surface area (Å²) in [6.07, 6.45) is 11.4. The summed E-state index contributed by atoms with van der Waals surface area (Å²) in [7, 11) is 3.48. The molecule has 0 amide bonds. The second-order valence-corrected chi connectivity index (χ2v) is 13.9. The number of ether oxygens (including phenoxy) is 2. The third-order valence-electron chi connectivity index (χ3n) is 9.33. The quantitative estimate of drug-likeness (QED) is 0.282. The molecule has 2 aliphatic heterocycles. The zero-order chi connectivity index (χ0) is 31.3. The van der Waals surface area contributed by atoms with Crippen molar-refractivity contribution in [1.82, 2.24) is 0 Å². The number of methoxy groups -OCH3 is 2. The molecule has 1 aliphatic carbocycles. The zero-order valence-electron chi connectivity index (χ0n) is 26.4. The van der Waals surface area contributed by atoms with Crippen LogP contribution in [0.2, 0.25) is 10.0 Å². The molecule has 5 rings (SSSR count). The molecule has 2 aromatic rings. The normalized spacial score (nSPS) is 22.6. The van der Waals surface area contributed by atoms with Crippen molar-refractivity contribution in [1.29, 1.82) is 0 Å². The number of hydrogen-bond acceptors (Lipinski definition) is 3. The van der Waals surface area contributed by atoms with Crippen LogP contribution in [-0.2, 0) is 20.3 Å². The van der Waals surface area contributed by atoms with Crippen molar-refractivity contribution in [3.8, 4) is 0 Å². The highest BCUT2D eigenvalue weighted by molar-refractivity contribution is 6.33. The van der Waals surface area contributed by atoms with E-state index in [9.17, 15) is 0 Å². The number of benzene rings is 2. The summed E-state index contributed by atoms with van der Waals surface area (Å²) < 4.78 is 13.9. The maximum atomic E-state index is 7.14. The Kier molecular flexibility index (Phi) is 9.11. The highest BCUT2D eigenvalue weighted by atomic mass is 35.5. The van der Waals surface area contributed by atoms with Gasteiger partial charge in [0.2, 0.25) is 5.69 Å². The van der Waals surface area contributed by atoms with Crippen LogP contribution >= 0.6 is 34.8 Å². The summed E-state index contributed by atoms with van der Waals surface area (Å²) in [6.45, 7) is 13.1. The fourth-order valence-corrected chi connectivity index (χ4v) is 7.37. The molecule has 43 heavy (non-hydrogen) atoms. The molecule has 2 atom stereocenters. The lowest BCUT2D eigenvalue weighted by Gasteiger charge is -2.31. The van der Waals surface area contributed by atoms with Crippen molar-refractivity contribution in [2.24, 2.45) is 0 Å². The van der Waals surface area contributed by atoms with Crippen LogP contribution in [0.4, 0.5) is 11.4 Å². The first-order valence-corrected chi connectivity index (χ1v) is 16.1. The molecule has 0 fully saturated rings. The van der Waals surface area contributed by atoms with E-state index in [1.54, 1.807) is 14.2 Å². The lowest BCUT2D eigenvalue weighted by molar-refractivity contribution is -0.532. The molecule has 0 saturated carbocycles. The van der Waals surface area contributed by atoms with Crippen LogP contribution in [0.15, 0.2) is 82.6 Å². The lowest BCUT2D eigenvalue weighted by Crippen LogP contribution is -2.34. The van der Waals surface area contributed by atoms with Gasteiger partial charge >= 0.3 is 0 Å². The lowest BCUT2D eigenvalue weighted by atomic mass is 9.81. The van der Waals surface area contributed by atoms with Crippen molar-refractivity contribution in [2.45, 2.75) is 84.1 Å². The maximum absolute atomic E-state index is 7.14. The number of rotatable bonds is 7. The standard InChI is InChI=1S/C36H42Cl3N2O2/c1-22(42-7)40-30-16-14-26(37)20-28(30)35(3,4)32(40)18-12-24-10-9-11-25(34(24)39)13-19-33-36(5,6)29-21-27(38)15-17-31(29)41(33)23(2)43-8/h12-23H,9-11H2,1-8H3/q+1. The Morgan fingerprint density at radius 3 is 2.19 bits per heavy atom. The number of hydrogen-bond donors (Lipinski definition) is 0. The third kappa shape index (κ3) is 5.66. The molecule has 2 aromatic carbocycles. The fourth-order valence-electron chi connectivity index (χ4n) is 6.71. The number of fused-ring (bicyclic) bond motifs is 2. The first-order valence-electron chi connectivity index (χ1n) is 14.9. The predicted octanol–water partition coefficient (Wildman–Crippen LogP) is 10.2. The summed E-state index contributed by atoms with van der Waals surface area (Å²) in [5.41, 5.74) is 8.72. The van der Waals surface area contributed by atoms with Crippen LogP contribution < -0.4 is 4.90 Å². The molecule has 0 bridgehead atoms. The first-order chi connectivity index (χ1) is 20.3. The molecule has 0 N–H and O–H groups in total. The average Bonchev–Trinajstić information content (AvgIpc) is 3.33. The Bertz CT molecular complexity index is 1600. The van der Waals surface area contributed by atoms with Crippen LogP contribution in [0, 0.1) is 0 Å². The van der Waals surface area contributed by atoms with Gasteiger partial charge in [-0.25, -0.2) is 0 Å². The van der Waals surface area contributed by atoms with E-state index >= 15 is 0 Å². The van der Waals surface area contributed by atoms with Gasteiger partial charge in [0.15, 0.2) is 5.71 Å². The Hall–Kier alpha value is -2.34. The van der Waals surface area contributed by atoms with Gasteiger partial charge in [0.1, 0.15) is 6.23 Å². The van der Waals surface area contributed by atoms with Crippen LogP contribution in [0.5, 0.6) is 0 Å². The van der Waals surface area contributed by atoms with Gasteiger partial charge in [-0.05, 0) is 93.2 Å². The average molecular weight is 641 g/mol. The second-order valence-electron chi connectivity index (χ2n) is 12.6. The summed E-state index contributed by atoms with van der Waals surface area (Å²) in [5.74, 6) is 0. The SMILES string of the molecule is COC(C)N1C(=CC=C2CCCC(C=CC3=[N+](C(C)OC)c4ccc(Cl)cc4C3(C)C)=C2Cl)C(C)(C)c2cc(Cl)ccc21. The van der Waals surface area contributed by atoms with Crippen LogP contribution in [0.1, 0.15) is 71.9 Å². The van der Waals surface area contributed by atoms with E-state index in [4.69, 9.17) is 44.3 Å². The Labute approximate surface area is 271 Å². The van der Waals surface area contributed by atoms with Gasteiger partial charge in [0.05, 0.1) is 5.41 Å². The van der Waals surface area contributed by atoms with Gasteiger partial charge in [-0.15, -0.1) is 0 Å². The first kappa shape index (κ1) is 32.1. The predicted molar refractivity (Wildman–Crippen MR) is 181 cm³/mol. The molecule has 228 valence electrons. The van der Waals surface area contributed by atoms with Crippen LogP contribution in [0.25, 0.3) is 0 Å². The minimum Gasteiger partial charge on any atom is -0.362 e. The summed E-state index contributed by atoms with van der Waals surface area (Å²) in [4.78, 5) is 2.26. The van der Waals surface area contributed by atoms with E-state index < -0.39 is 0 Å². The van der Waals surface area contributed by atoms with Gasteiger partial charge in [0, 0.05) is 70.7 Å². The van der Waals surface area contributed by atoms with E-state index in [0.29, 0.717) is 0 Å². The Balaban J connectivity index is 1.53. The largest absolute Gasteiger partial charge is 0.362 e. The van der Waals surface area contributed by atoms with Crippen molar-refractivity contribution in [3.63, 3.8) is 0 Å². The molecule has 0 saturated heterocycles. The fraction of sp³-hybridized carbons (Fsp3) is 0.417. The van der Waals surface area contributed by atoms with Gasteiger partial charge < -0.3 is 14.4 Å². The smallest absolute Gasteiger partial charge is 0.260 e. The third-order valence-corrected chi connectivity index (χ3v) is 10.3. The molecular weight excluding hydrogens is 599 g/mol. The Morgan fingerprint density at radius 2 is 1.51 bits per heavy atom. The minimum atomic E-state index is -0.248. The number of halogens is 3. The van der Waals surface area contributed by atoms with Crippen molar-refractivity contribution >= 4 is 51.9 Å². The summed E-state index contributed by atoms with van der Waals surface area (Å²) in [5, 5.41) is 2.29. The summed E-state index contributed by atoms with van der Waals surface area (Å²) in [6, 6.07) is 12.2. The highest BCUT2D eigenvalue weighted by Crippen LogP contribution is 2.50. The van der Waals surface area contributed by atoms with E-state index in [0.717, 1.165) is 68.3 Å². The summed E-state index contributed by atoms with van der Waals surface area (Å²) >= 11 is 20.0. The Morgan fingerprint density at radius 1 is 0.837 bits per heavy atom. The highest BCUT2D eigenvalue weighted by Gasteiger charge is 2.46. The minimum absolute atomic E-state index is 0.134. The molecule has 0 spiro atoms.